The smallest absolute Gasteiger partial charge is 0.270 e. The van der Waals surface area contributed by atoms with E-state index in [0.29, 0.717) is 5.69 Å². The van der Waals surface area contributed by atoms with E-state index in [4.69, 9.17) is 10.6 Å². The number of aromatic nitrogens is 1. The van der Waals surface area contributed by atoms with Gasteiger partial charge in [-0.05, 0) is 42.0 Å². The first-order chi connectivity index (χ1) is 9.58. The maximum absolute atomic E-state index is 12.1. The Morgan fingerprint density at radius 3 is 2.40 bits per heavy atom. The highest BCUT2D eigenvalue weighted by molar-refractivity contribution is 5.93. The van der Waals surface area contributed by atoms with Crippen LogP contribution in [0.1, 0.15) is 10.4 Å². The van der Waals surface area contributed by atoms with Crippen LogP contribution in [0.3, 0.4) is 0 Å². The van der Waals surface area contributed by atoms with Crippen molar-refractivity contribution in [1.82, 2.24) is 9.99 Å². The fraction of sp³-hybridized carbons (Fsp3) is 0.143. The summed E-state index contributed by atoms with van der Waals surface area (Å²) in [7, 11) is 3.19. The fourth-order valence-electron chi connectivity index (χ4n) is 1.94. The molecule has 2 aromatic rings. The Morgan fingerprint density at radius 1 is 1.20 bits per heavy atom. The lowest BCUT2D eigenvalue weighted by Crippen LogP contribution is -2.36. The summed E-state index contributed by atoms with van der Waals surface area (Å²) in [6, 6.07) is 10.5. The normalized spacial score (nSPS) is 10.2. The number of methoxy groups -OCH3 is 1. The van der Waals surface area contributed by atoms with Crippen LogP contribution in [0.15, 0.2) is 41.2 Å². The molecule has 0 saturated carbocycles. The first kappa shape index (κ1) is 13.8. The number of pyridine rings is 1. The monoisotopic (exact) mass is 273 g/mol. The molecule has 0 aliphatic carbocycles. The molecule has 0 bridgehead atoms. The van der Waals surface area contributed by atoms with Crippen LogP contribution >= 0.6 is 0 Å². The molecule has 0 aliphatic heterocycles. The third-order valence-electron chi connectivity index (χ3n) is 3.07. The lowest BCUT2D eigenvalue weighted by atomic mass is 10.1. The van der Waals surface area contributed by atoms with E-state index in [-0.39, 0.29) is 5.56 Å². The Labute approximate surface area is 115 Å². The van der Waals surface area contributed by atoms with Crippen LogP contribution in [0.2, 0.25) is 0 Å². The van der Waals surface area contributed by atoms with E-state index in [2.05, 4.69) is 0 Å². The second kappa shape index (κ2) is 5.58. The van der Waals surface area contributed by atoms with Crippen LogP contribution in [0.5, 0.6) is 5.75 Å². The number of hydrogen-bond donors (Lipinski definition) is 2. The second-order valence-electron chi connectivity index (χ2n) is 4.20. The van der Waals surface area contributed by atoms with E-state index in [9.17, 15) is 9.59 Å². The van der Waals surface area contributed by atoms with Gasteiger partial charge in [0.15, 0.2) is 0 Å². The minimum absolute atomic E-state index is 0.00672. The van der Waals surface area contributed by atoms with Gasteiger partial charge in [0.2, 0.25) is 0 Å². The van der Waals surface area contributed by atoms with Gasteiger partial charge in [-0.25, -0.2) is 5.84 Å². The molecule has 2 rings (SSSR count). The summed E-state index contributed by atoms with van der Waals surface area (Å²) in [5.41, 5.74) is 3.11. The van der Waals surface area contributed by atoms with E-state index in [1.165, 1.54) is 10.6 Å². The molecular formula is C14H15N3O3. The zero-order valence-electron chi connectivity index (χ0n) is 11.2. The van der Waals surface area contributed by atoms with Crippen molar-refractivity contribution < 1.29 is 9.53 Å². The first-order valence-electron chi connectivity index (χ1n) is 5.94. The standard InChI is InChI=1S/C14H15N3O3/c1-17-12(9-3-5-10(20-2)6-4-9)8-7-11(14(17)19)13(18)16-15/h3-8H,15H2,1-2H3,(H,16,18). The molecule has 3 N–H and O–H groups in total. The number of hydrogen-bond acceptors (Lipinski definition) is 4. The lowest BCUT2D eigenvalue weighted by molar-refractivity contribution is 0.0951. The van der Waals surface area contributed by atoms with Crippen LogP contribution in [0.25, 0.3) is 11.3 Å². The minimum Gasteiger partial charge on any atom is -0.497 e. The average Bonchev–Trinajstić information content (AvgIpc) is 2.49. The summed E-state index contributed by atoms with van der Waals surface area (Å²) < 4.78 is 6.50. The number of carbonyl (C=O) groups excluding carboxylic acids is 1. The number of nitrogens with zero attached hydrogens (tertiary/aromatic N) is 1. The molecule has 1 aromatic heterocycles. The number of benzene rings is 1. The predicted molar refractivity (Wildman–Crippen MR) is 75.3 cm³/mol. The van der Waals surface area contributed by atoms with Gasteiger partial charge >= 0.3 is 0 Å². The summed E-state index contributed by atoms with van der Waals surface area (Å²) in [4.78, 5) is 23.6. The van der Waals surface area contributed by atoms with Gasteiger partial charge in [0, 0.05) is 7.05 Å². The summed E-state index contributed by atoms with van der Waals surface area (Å²) in [5.74, 6) is 5.17. The van der Waals surface area contributed by atoms with Crippen LogP contribution in [0, 0.1) is 0 Å². The molecule has 6 nitrogen and oxygen atoms in total. The highest BCUT2D eigenvalue weighted by Gasteiger charge is 2.13. The third kappa shape index (κ3) is 2.41. The predicted octanol–water partition coefficient (Wildman–Crippen LogP) is 0.664. The van der Waals surface area contributed by atoms with E-state index >= 15 is 0 Å². The van der Waals surface area contributed by atoms with Crippen molar-refractivity contribution in [2.45, 2.75) is 0 Å². The summed E-state index contributed by atoms with van der Waals surface area (Å²) in [6.07, 6.45) is 0. The highest BCUT2D eigenvalue weighted by atomic mass is 16.5. The number of rotatable bonds is 3. The Hall–Kier alpha value is -2.60. The molecule has 0 unspecified atom stereocenters. The number of nitrogen functional groups attached to an aromatic ring is 1. The van der Waals surface area contributed by atoms with Gasteiger partial charge in [-0.15, -0.1) is 0 Å². The highest BCUT2D eigenvalue weighted by Crippen LogP contribution is 2.21. The number of nitrogens with two attached hydrogens (primary N) is 1. The average molecular weight is 273 g/mol. The second-order valence-corrected chi connectivity index (χ2v) is 4.20. The van der Waals surface area contributed by atoms with Crippen LogP contribution in [-0.2, 0) is 7.05 Å². The van der Waals surface area contributed by atoms with Gasteiger partial charge in [-0.2, -0.15) is 0 Å². The van der Waals surface area contributed by atoms with E-state index in [1.807, 2.05) is 17.6 Å². The zero-order chi connectivity index (χ0) is 14.7. The molecule has 0 aliphatic rings. The maximum Gasteiger partial charge on any atom is 0.270 e. The molecule has 0 radical (unpaired) electrons. The van der Waals surface area contributed by atoms with Crippen LogP contribution in [-0.4, -0.2) is 17.6 Å². The molecule has 0 spiro atoms. The molecule has 1 amide bonds. The quantitative estimate of drug-likeness (QED) is 0.489. The number of carbonyl (C=O) groups is 1. The van der Waals surface area contributed by atoms with Crippen LogP contribution in [0.4, 0.5) is 0 Å². The Balaban J connectivity index is 2.50. The summed E-state index contributed by atoms with van der Waals surface area (Å²) >= 11 is 0. The van der Waals surface area contributed by atoms with Crippen molar-refractivity contribution in [3.05, 3.63) is 52.3 Å². The van der Waals surface area contributed by atoms with Crippen molar-refractivity contribution in [3.8, 4) is 17.0 Å². The van der Waals surface area contributed by atoms with Crippen molar-refractivity contribution in [2.24, 2.45) is 12.9 Å². The molecule has 0 fully saturated rings. The Bertz CT molecular complexity index is 690. The molecule has 20 heavy (non-hydrogen) atoms. The molecule has 1 heterocycles. The molecule has 1 aromatic carbocycles. The van der Waals surface area contributed by atoms with Crippen molar-refractivity contribution in [1.29, 1.82) is 0 Å². The van der Waals surface area contributed by atoms with Crippen molar-refractivity contribution in [3.63, 3.8) is 0 Å². The maximum atomic E-state index is 12.1. The lowest BCUT2D eigenvalue weighted by Gasteiger charge is -2.10. The van der Waals surface area contributed by atoms with E-state index in [1.54, 1.807) is 32.4 Å². The minimum atomic E-state index is -0.605. The number of hydrazine groups is 1. The largest absolute Gasteiger partial charge is 0.497 e. The van der Waals surface area contributed by atoms with Crippen molar-refractivity contribution >= 4 is 5.91 Å². The van der Waals surface area contributed by atoms with Crippen molar-refractivity contribution in [2.75, 3.05) is 7.11 Å². The van der Waals surface area contributed by atoms with Gasteiger partial charge in [-0.1, -0.05) is 0 Å². The third-order valence-corrected chi connectivity index (χ3v) is 3.07. The van der Waals surface area contributed by atoms with E-state index < -0.39 is 11.5 Å². The SMILES string of the molecule is COc1ccc(-c2ccc(C(=O)NN)c(=O)n2C)cc1. The molecule has 0 saturated heterocycles. The fourth-order valence-corrected chi connectivity index (χ4v) is 1.94. The van der Waals surface area contributed by atoms with Gasteiger partial charge < -0.3 is 9.30 Å². The zero-order valence-corrected chi connectivity index (χ0v) is 11.2. The molecule has 6 heteroatoms. The molecular weight excluding hydrogens is 258 g/mol. The summed E-state index contributed by atoms with van der Waals surface area (Å²) in [6.45, 7) is 0. The van der Waals surface area contributed by atoms with Crippen LogP contribution < -0.4 is 21.6 Å². The summed E-state index contributed by atoms with van der Waals surface area (Å²) in [5, 5.41) is 0. The topological polar surface area (TPSA) is 86.3 Å². The Kier molecular flexibility index (Phi) is 3.86. The molecule has 0 atom stereocenters. The number of nitrogens with one attached hydrogen (secondary N) is 1. The van der Waals surface area contributed by atoms with Gasteiger partial charge in [-0.3, -0.25) is 15.0 Å². The van der Waals surface area contributed by atoms with Gasteiger partial charge in [0.25, 0.3) is 11.5 Å². The molecule has 104 valence electrons. The van der Waals surface area contributed by atoms with E-state index in [0.717, 1.165) is 11.3 Å². The number of ether oxygens (including phenoxy) is 1. The number of amides is 1. The van der Waals surface area contributed by atoms with Gasteiger partial charge in [0.05, 0.1) is 12.8 Å². The Morgan fingerprint density at radius 2 is 1.85 bits per heavy atom. The first-order valence-corrected chi connectivity index (χ1v) is 5.94. The van der Waals surface area contributed by atoms with Gasteiger partial charge in [0.1, 0.15) is 11.3 Å².